The Hall–Kier alpha value is -2.74. The monoisotopic (exact) mass is 367 g/mol. The van der Waals surface area contributed by atoms with E-state index in [2.05, 4.69) is 16.3 Å². The van der Waals surface area contributed by atoms with Crippen molar-refractivity contribution >= 4 is 17.3 Å². The van der Waals surface area contributed by atoms with Crippen LogP contribution < -0.4 is 0 Å². The van der Waals surface area contributed by atoms with Crippen molar-refractivity contribution in [2.45, 2.75) is 31.2 Å². The summed E-state index contributed by atoms with van der Waals surface area (Å²) in [4.78, 5) is 17.2. The van der Waals surface area contributed by atoms with Crippen LogP contribution in [0.25, 0.3) is 22.3 Å². The summed E-state index contributed by atoms with van der Waals surface area (Å²) in [5.41, 5.74) is 1.82. The lowest BCUT2D eigenvalue weighted by molar-refractivity contribution is -0.119. The zero-order valence-electron chi connectivity index (χ0n) is 15.0. The molecule has 1 aromatic carbocycles. The molecule has 27 heavy (non-hydrogen) atoms. The average molecular weight is 367 g/mol. The molecule has 2 saturated heterocycles. The first-order valence-corrected chi connectivity index (χ1v) is 9.40. The van der Waals surface area contributed by atoms with Crippen molar-refractivity contribution in [1.29, 1.82) is 0 Å². The molecule has 3 aromatic rings. The van der Waals surface area contributed by atoms with E-state index in [0.717, 1.165) is 68.4 Å². The fourth-order valence-electron chi connectivity index (χ4n) is 3.86. The highest BCUT2D eigenvalue weighted by Gasteiger charge is 2.25. The number of benzene rings is 1. The smallest absolute Gasteiger partial charge is 0.230 e. The molecule has 1 amide bonds. The van der Waals surface area contributed by atoms with E-state index in [4.69, 9.17) is 14.4 Å². The number of amides is 1. The van der Waals surface area contributed by atoms with Gasteiger partial charge in [-0.25, -0.2) is 0 Å². The summed E-state index contributed by atoms with van der Waals surface area (Å²) in [6.45, 7) is 2.99. The van der Waals surface area contributed by atoms with Gasteiger partial charge in [0.2, 0.25) is 18.1 Å². The van der Waals surface area contributed by atoms with Crippen LogP contribution in [0.3, 0.4) is 0 Å². The molecular weight excluding hydrogens is 346 g/mol. The van der Waals surface area contributed by atoms with Gasteiger partial charge < -0.3 is 14.2 Å². The van der Waals surface area contributed by atoms with Gasteiger partial charge in [-0.3, -0.25) is 9.48 Å². The molecule has 0 N–H and O–H groups in total. The lowest BCUT2D eigenvalue weighted by Crippen LogP contribution is -2.31. The van der Waals surface area contributed by atoms with Gasteiger partial charge in [-0.1, -0.05) is 17.3 Å². The molecule has 2 aromatic heterocycles. The van der Waals surface area contributed by atoms with Gasteiger partial charge in [-0.05, 0) is 25.3 Å². The van der Waals surface area contributed by atoms with Crippen LogP contribution in [-0.2, 0) is 9.53 Å². The largest absolute Gasteiger partial charge is 0.379 e. The molecule has 2 aliphatic rings. The highest BCUT2D eigenvalue weighted by Crippen LogP contribution is 2.29. The van der Waals surface area contributed by atoms with Crippen LogP contribution in [0.15, 0.2) is 28.9 Å². The highest BCUT2D eigenvalue weighted by atomic mass is 16.5. The van der Waals surface area contributed by atoms with Crippen LogP contribution in [0.2, 0.25) is 0 Å². The summed E-state index contributed by atoms with van der Waals surface area (Å²) in [7, 11) is 0. The van der Waals surface area contributed by atoms with Gasteiger partial charge in [-0.2, -0.15) is 10.1 Å². The van der Waals surface area contributed by atoms with Crippen molar-refractivity contribution in [2.24, 2.45) is 0 Å². The van der Waals surface area contributed by atoms with E-state index >= 15 is 0 Å². The third-order valence-electron chi connectivity index (χ3n) is 5.53. The summed E-state index contributed by atoms with van der Waals surface area (Å²) < 4.78 is 13.0. The summed E-state index contributed by atoms with van der Waals surface area (Å²) in [6.07, 6.45) is 5.68. The third kappa shape index (κ3) is 3.10. The number of aromatic nitrogens is 4. The second-order valence-corrected chi connectivity index (χ2v) is 7.27. The van der Waals surface area contributed by atoms with Crippen molar-refractivity contribution in [3.05, 3.63) is 30.3 Å². The number of piperidine rings is 1. The fraction of sp³-hybridized carbons (Fsp3) is 0.474. The van der Waals surface area contributed by atoms with E-state index in [1.54, 1.807) is 4.90 Å². The number of hydrogen-bond donors (Lipinski definition) is 0. The molecule has 2 fully saturated rings. The van der Waals surface area contributed by atoms with Gasteiger partial charge in [0.05, 0.1) is 18.2 Å². The van der Waals surface area contributed by atoms with Crippen LogP contribution in [0.4, 0.5) is 0 Å². The minimum atomic E-state index is 0.216. The Morgan fingerprint density at radius 2 is 2.07 bits per heavy atom. The highest BCUT2D eigenvalue weighted by molar-refractivity contribution is 5.82. The second kappa shape index (κ2) is 6.77. The third-order valence-corrected chi connectivity index (χ3v) is 5.53. The Labute approximate surface area is 156 Å². The number of likely N-dealkylation sites (tertiary alicyclic amines) is 1. The molecule has 0 saturated carbocycles. The Morgan fingerprint density at radius 3 is 2.85 bits per heavy atom. The van der Waals surface area contributed by atoms with Gasteiger partial charge in [0.25, 0.3) is 0 Å². The number of nitrogens with zero attached hydrogens (tertiary/aromatic N) is 5. The standard InChI is InChI=1S/C19H21N5O3/c25-12-23-6-3-13(4-7-23)19-20-18(22-27-19)14-1-2-15-10-24(21-17(15)9-14)16-5-8-26-11-16/h1-2,9-10,12-13,16H,3-8,11H2. The summed E-state index contributed by atoms with van der Waals surface area (Å²) >= 11 is 0. The van der Waals surface area contributed by atoms with Crippen molar-refractivity contribution in [3.63, 3.8) is 0 Å². The van der Waals surface area contributed by atoms with Crippen LogP contribution in [-0.4, -0.2) is 57.5 Å². The van der Waals surface area contributed by atoms with E-state index in [1.807, 2.05) is 22.9 Å². The Bertz CT molecular complexity index is 951. The zero-order valence-corrected chi connectivity index (χ0v) is 15.0. The number of hydrogen-bond acceptors (Lipinski definition) is 6. The molecule has 8 nitrogen and oxygen atoms in total. The first-order valence-electron chi connectivity index (χ1n) is 9.40. The maximum atomic E-state index is 10.8. The molecule has 0 radical (unpaired) electrons. The molecule has 8 heteroatoms. The number of ether oxygens (including phenoxy) is 1. The van der Waals surface area contributed by atoms with Crippen LogP contribution in [0.1, 0.15) is 37.1 Å². The summed E-state index contributed by atoms with van der Waals surface area (Å²) in [6, 6.07) is 6.37. The number of rotatable bonds is 4. The van der Waals surface area contributed by atoms with E-state index in [-0.39, 0.29) is 5.92 Å². The summed E-state index contributed by atoms with van der Waals surface area (Å²) in [5.74, 6) is 1.46. The van der Waals surface area contributed by atoms with E-state index < -0.39 is 0 Å². The normalized spacial score (nSPS) is 21.2. The van der Waals surface area contributed by atoms with Crippen LogP contribution in [0, 0.1) is 0 Å². The first-order chi connectivity index (χ1) is 13.3. The first kappa shape index (κ1) is 16.4. The van der Waals surface area contributed by atoms with E-state index in [1.165, 1.54) is 0 Å². The SMILES string of the molecule is O=CN1CCC(c2nc(-c3ccc4cn(C5CCOC5)nc4c3)no2)CC1. The fourth-order valence-corrected chi connectivity index (χ4v) is 3.86. The van der Waals surface area contributed by atoms with Gasteiger partial charge >= 0.3 is 0 Å². The van der Waals surface area contributed by atoms with Crippen LogP contribution >= 0.6 is 0 Å². The Morgan fingerprint density at radius 1 is 1.19 bits per heavy atom. The van der Waals surface area contributed by atoms with E-state index in [0.29, 0.717) is 17.8 Å². The maximum absolute atomic E-state index is 10.8. The molecule has 4 heterocycles. The van der Waals surface area contributed by atoms with E-state index in [9.17, 15) is 4.79 Å². The maximum Gasteiger partial charge on any atom is 0.230 e. The molecule has 140 valence electrons. The minimum absolute atomic E-state index is 0.216. The Balaban J connectivity index is 1.37. The molecule has 1 unspecified atom stereocenters. The van der Waals surface area contributed by atoms with Crippen molar-refractivity contribution < 1.29 is 14.1 Å². The van der Waals surface area contributed by atoms with Gasteiger partial charge in [0.1, 0.15) is 0 Å². The molecule has 2 aliphatic heterocycles. The average Bonchev–Trinajstić information content (AvgIpc) is 3.47. The number of fused-ring (bicyclic) bond motifs is 1. The van der Waals surface area contributed by atoms with Gasteiger partial charge in [0, 0.05) is 42.8 Å². The number of carbonyl (C=O) groups is 1. The van der Waals surface area contributed by atoms with Crippen molar-refractivity contribution in [2.75, 3.05) is 26.3 Å². The zero-order chi connectivity index (χ0) is 18.2. The predicted molar refractivity (Wildman–Crippen MR) is 97.1 cm³/mol. The quantitative estimate of drug-likeness (QED) is 0.658. The Kier molecular flexibility index (Phi) is 4.12. The second-order valence-electron chi connectivity index (χ2n) is 7.27. The van der Waals surface area contributed by atoms with Crippen LogP contribution in [0.5, 0.6) is 0 Å². The lowest BCUT2D eigenvalue weighted by atomic mass is 9.97. The van der Waals surface area contributed by atoms with Gasteiger partial charge in [-0.15, -0.1) is 0 Å². The number of carbonyl (C=O) groups excluding carboxylic acids is 1. The van der Waals surface area contributed by atoms with Crippen molar-refractivity contribution in [1.82, 2.24) is 24.8 Å². The molecular formula is C19H21N5O3. The molecule has 0 aliphatic carbocycles. The van der Waals surface area contributed by atoms with Crippen molar-refractivity contribution in [3.8, 4) is 11.4 Å². The molecule has 0 bridgehead atoms. The molecule has 1 atom stereocenters. The minimum Gasteiger partial charge on any atom is -0.379 e. The lowest BCUT2D eigenvalue weighted by Gasteiger charge is -2.26. The van der Waals surface area contributed by atoms with Gasteiger partial charge in [0.15, 0.2) is 0 Å². The molecule has 0 spiro atoms. The predicted octanol–water partition coefficient (Wildman–Crippen LogP) is 2.38. The topological polar surface area (TPSA) is 86.3 Å². The molecule has 5 rings (SSSR count). The summed E-state index contributed by atoms with van der Waals surface area (Å²) in [5, 5.41) is 9.97.